The van der Waals surface area contributed by atoms with Crippen molar-refractivity contribution in [3.8, 4) is 0 Å². The molecule has 13 heteroatoms. The lowest BCUT2D eigenvalue weighted by molar-refractivity contribution is -0.140. The van der Waals surface area contributed by atoms with E-state index in [1.807, 2.05) is 70.2 Å². The number of para-hydroxylation sites is 1. The van der Waals surface area contributed by atoms with E-state index in [4.69, 9.17) is 10.5 Å². The number of nitrogens with one attached hydrogen (secondary N) is 2. The van der Waals surface area contributed by atoms with Crippen molar-refractivity contribution in [3.63, 3.8) is 0 Å². The molecule has 55 heavy (non-hydrogen) atoms. The molecule has 0 aliphatic carbocycles. The number of nitrogens with two attached hydrogens (primary N) is 1. The lowest BCUT2D eigenvalue weighted by Crippen LogP contribution is -2.56. The molecule has 2 fully saturated rings. The van der Waals surface area contributed by atoms with E-state index in [0.717, 1.165) is 40.9 Å². The monoisotopic (exact) mass is 758 g/mol. The summed E-state index contributed by atoms with van der Waals surface area (Å²) in [6.45, 7) is 10.2. The summed E-state index contributed by atoms with van der Waals surface area (Å²) in [5.74, 6) is -1.20. The van der Waals surface area contributed by atoms with Gasteiger partial charge in [0.25, 0.3) is 0 Å². The lowest BCUT2D eigenvalue weighted by Gasteiger charge is -2.37. The Morgan fingerprint density at radius 2 is 1.65 bits per heavy atom. The number of aliphatic hydroxyl groups is 1. The second-order valence-corrected chi connectivity index (χ2v) is 16.9. The van der Waals surface area contributed by atoms with E-state index in [9.17, 15) is 29.1 Å². The van der Waals surface area contributed by atoms with Gasteiger partial charge in [0.2, 0.25) is 29.5 Å². The van der Waals surface area contributed by atoms with Gasteiger partial charge < -0.3 is 36.0 Å². The maximum Gasteiger partial charge on any atom is 0.245 e. The largest absolute Gasteiger partial charge is 0.391 e. The summed E-state index contributed by atoms with van der Waals surface area (Å²) in [5.41, 5.74) is 9.99. The average Bonchev–Trinajstić information content (AvgIpc) is 3.73. The number of anilines is 2. The molecule has 0 bridgehead atoms. The van der Waals surface area contributed by atoms with Gasteiger partial charge in [-0.05, 0) is 79.7 Å². The van der Waals surface area contributed by atoms with Crippen LogP contribution in [-0.4, -0.2) is 96.1 Å². The summed E-state index contributed by atoms with van der Waals surface area (Å²) in [4.78, 5) is 71.0. The molecule has 5 atom stereocenters. The minimum absolute atomic E-state index is 0.0433. The molecule has 13 nitrogen and oxygen atoms in total. The van der Waals surface area contributed by atoms with Crippen LogP contribution >= 0.6 is 0 Å². The van der Waals surface area contributed by atoms with Gasteiger partial charge in [-0.25, -0.2) is 0 Å². The van der Waals surface area contributed by atoms with Gasteiger partial charge in [0, 0.05) is 57.0 Å². The summed E-state index contributed by atoms with van der Waals surface area (Å²) in [7, 11) is 0. The highest BCUT2D eigenvalue weighted by molar-refractivity contribution is 6.04. The first kappa shape index (κ1) is 40.2. The Kier molecular flexibility index (Phi) is 12.5. The predicted molar refractivity (Wildman–Crippen MR) is 209 cm³/mol. The van der Waals surface area contributed by atoms with Crippen molar-refractivity contribution < 1.29 is 33.8 Å². The Labute approximate surface area is 324 Å². The zero-order valence-corrected chi connectivity index (χ0v) is 32.7. The number of hydrogen-bond acceptors (Lipinski definition) is 8. The minimum atomic E-state index is -0.658. The van der Waals surface area contributed by atoms with Crippen molar-refractivity contribution in [2.45, 2.75) is 122 Å². The maximum absolute atomic E-state index is 13.8. The number of hydrogen-bond donors (Lipinski definition) is 4. The summed E-state index contributed by atoms with van der Waals surface area (Å²) >= 11 is 0. The van der Waals surface area contributed by atoms with Gasteiger partial charge in [-0.1, -0.05) is 51.1 Å². The van der Waals surface area contributed by atoms with E-state index in [1.165, 1.54) is 0 Å². The van der Waals surface area contributed by atoms with Gasteiger partial charge in [0.1, 0.15) is 12.1 Å². The molecular formula is C42H58N6O7. The number of benzene rings is 2. The number of primary amides is 1. The van der Waals surface area contributed by atoms with Gasteiger partial charge in [0.15, 0.2) is 0 Å². The van der Waals surface area contributed by atoms with Crippen LogP contribution in [0.5, 0.6) is 0 Å². The van der Waals surface area contributed by atoms with Gasteiger partial charge in [-0.2, -0.15) is 0 Å². The number of amides is 5. The van der Waals surface area contributed by atoms with E-state index in [0.29, 0.717) is 71.3 Å². The molecular weight excluding hydrogens is 700 g/mol. The number of ether oxygens (including phenoxy) is 1. The Bertz CT molecular complexity index is 1730. The predicted octanol–water partition coefficient (Wildman–Crippen LogP) is 2.98. The molecule has 5 N–H and O–H groups in total. The van der Waals surface area contributed by atoms with Crippen molar-refractivity contribution in [2.75, 3.05) is 36.0 Å². The van der Waals surface area contributed by atoms with E-state index in [1.54, 1.807) is 9.80 Å². The smallest absolute Gasteiger partial charge is 0.245 e. The van der Waals surface area contributed by atoms with Crippen molar-refractivity contribution in [2.24, 2.45) is 17.1 Å². The number of likely N-dealkylation sites (tertiary alicyclic amines) is 1. The SMILES string of the molecule is C[C@@H](OCc1ccc(N2CCC(C(=O)N[C@H](C(=O)N3CC[C@@H](O)C3)C(C)(C)C)CC2)cc1)[C@H](CCC(N)=O)NC(=O)[C@@H]1Cc2cccc3c2N1C(=O)CCC3. The molecule has 6 rings (SSSR count). The lowest BCUT2D eigenvalue weighted by atomic mass is 9.84. The van der Waals surface area contributed by atoms with Crippen molar-refractivity contribution in [1.29, 1.82) is 0 Å². The zero-order valence-electron chi connectivity index (χ0n) is 32.7. The third-order valence-electron chi connectivity index (χ3n) is 11.7. The van der Waals surface area contributed by atoms with Gasteiger partial charge >= 0.3 is 0 Å². The van der Waals surface area contributed by atoms with Crippen LogP contribution in [0.15, 0.2) is 42.5 Å². The molecule has 0 unspecified atom stereocenters. The van der Waals surface area contributed by atoms with Crippen LogP contribution in [0.25, 0.3) is 0 Å². The fourth-order valence-electron chi connectivity index (χ4n) is 8.42. The molecule has 0 radical (unpaired) electrons. The molecule has 4 heterocycles. The number of rotatable bonds is 13. The Morgan fingerprint density at radius 3 is 2.31 bits per heavy atom. The number of carbonyl (C=O) groups excluding carboxylic acids is 5. The van der Waals surface area contributed by atoms with Crippen molar-refractivity contribution >= 4 is 40.9 Å². The number of piperidine rings is 1. The van der Waals surface area contributed by atoms with Crippen LogP contribution in [-0.2, 0) is 48.2 Å². The van der Waals surface area contributed by atoms with E-state index in [-0.39, 0.29) is 36.0 Å². The highest BCUT2D eigenvalue weighted by Gasteiger charge is 2.42. The topological polar surface area (TPSA) is 175 Å². The van der Waals surface area contributed by atoms with Crippen LogP contribution < -0.4 is 26.2 Å². The molecule has 2 aromatic rings. The molecule has 0 aromatic heterocycles. The highest BCUT2D eigenvalue weighted by atomic mass is 16.5. The summed E-state index contributed by atoms with van der Waals surface area (Å²) < 4.78 is 6.26. The normalized spacial score (nSPS) is 21.8. The third kappa shape index (κ3) is 9.49. The van der Waals surface area contributed by atoms with Crippen molar-refractivity contribution in [1.82, 2.24) is 15.5 Å². The first-order chi connectivity index (χ1) is 26.2. The fourth-order valence-corrected chi connectivity index (χ4v) is 8.42. The Balaban J connectivity index is 1.01. The molecule has 2 saturated heterocycles. The van der Waals surface area contributed by atoms with Crippen LogP contribution in [0.2, 0.25) is 0 Å². The van der Waals surface area contributed by atoms with Crippen LogP contribution in [0.3, 0.4) is 0 Å². The molecule has 0 spiro atoms. The molecule has 5 amide bonds. The number of nitrogens with zero attached hydrogens (tertiary/aromatic N) is 3. The van der Waals surface area contributed by atoms with Crippen LogP contribution in [0.1, 0.15) is 89.3 Å². The quantitative estimate of drug-likeness (QED) is 0.241. The van der Waals surface area contributed by atoms with Gasteiger partial charge in [0.05, 0.1) is 30.5 Å². The average molecular weight is 759 g/mol. The second-order valence-electron chi connectivity index (χ2n) is 16.9. The molecule has 4 aliphatic heterocycles. The first-order valence-electron chi connectivity index (χ1n) is 19.9. The van der Waals surface area contributed by atoms with Crippen molar-refractivity contribution in [3.05, 3.63) is 59.2 Å². The van der Waals surface area contributed by atoms with E-state index in [2.05, 4.69) is 15.5 Å². The Hall–Kier alpha value is -4.49. The number of β-amino-alcohol motifs (C(OH)–C–C–N with tert-alkyl or cyclic N) is 1. The van der Waals surface area contributed by atoms with Gasteiger partial charge in [-0.3, -0.25) is 28.9 Å². The van der Waals surface area contributed by atoms with Gasteiger partial charge in [-0.15, -0.1) is 0 Å². The first-order valence-corrected chi connectivity index (χ1v) is 19.9. The summed E-state index contributed by atoms with van der Waals surface area (Å²) in [6, 6.07) is 12.3. The van der Waals surface area contributed by atoms with E-state index >= 15 is 0 Å². The zero-order chi connectivity index (χ0) is 39.4. The highest BCUT2D eigenvalue weighted by Crippen LogP contribution is 2.39. The third-order valence-corrected chi connectivity index (χ3v) is 11.7. The summed E-state index contributed by atoms with van der Waals surface area (Å²) in [5, 5.41) is 16.1. The van der Waals surface area contributed by atoms with E-state index < -0.39 is 41.7 Å². The minimum Gasteiger partial charge on any atom is -0.391 e. The number of aryl methyl sites for hydroxylation is 1. The second kappa shape index (κ2) is 17.1. The number of carbonyl (C=O) groups is 5. The molecule has 298 valence electrons. The van der Waals surface area contributed by atoms with Crippen LogP contribution in [0.4, 0.5) is 11.4 Å². The van der Waals surface area contributed by atoms with Crippen LogP contribution in [0, 0.1) is 11.3 Å². The summed E-state index contributed by atoms with van der Waals surface area (Å²) in [6.07, 6.45) is 3.72. The Morgan fingerprint density at radius 1 is 0.945 bits per heavy atom. The standard InChI is InChI=1S/C42H58N6O7/c1-26(33(15-16-35(43)50)44-40(53)34-23-30-9-5-7-28-8-6-10-36(51)48(34)37(28)30)55-25-27-11-13-31(14-12-27)46-20-17-29(18-21-46)39(52)45-38(42(2,3)4)41(54)47-22-19-32(49)24-47/h5,7,9,11-14,26,29,32-34,38,49H,6,8,10,15-25H2,1-4H3,(H2,43,50)(H,44,53)(H,45,52)/t26-,32-,33+,34+,38-/m1/s1. The maximum atomic E-state index is 13.8. The molecule has 0 saturated carbocycles. The fraction of sp³-hybridized carbons (Fsp3) is 0.595. The molecule has 2 aromatic carbocycles. The number of aliphatic hydroxyl groups excluding tert-OH is 1. The molecule has 4 aliphatic rings.